The molecular formula is C20H21N3O2. The van der Waals surface area contributed by atoms with Gasteiger partial charge in [0, 0.05) is 0 Å². The van der Waals surface area contributed by atoms with Crippen LogP contribution in [0.5, 0.6) is 0 Å². The predicted molar refractivity (Wildman–Crippen MR) is 98.2 cm³/mol. The fraction of sp³-hybridized carbons (Fsp3) is 0.250. The van der Waals surface area contributed by atoms with E-state index in [1.54, 1.807) is 18.2 Å². The number of amides is 1. The monoisotopic (exact) mass is 335 g/mol. The lowest BCUT2D eigenvalue weighted by Gasteiger charge is -2.23. The number of hydrogen-bond donors (Lipinski definition) is 1. The fourth-order valence-corrected chi connectivity index (χ4v) is 2.89. The first-order valence-electron chi connectivity index (χ1n) is 8.35. The van der Waals surface area contributed by atoms with Crippen LogP contribution in [0.1, 0.15) is 25.5 Å². The SMILES string of the molecule is CC(C)C(NC(=O)Cn1cnc2ccccc2c1=O)c1ccccc1. The number of nitrogens with one attached hydrogen (secondary N) is 1. The summed E-state index contributed by atoms with van der Waals surface area (Å²) in [4.78, 5) is 29.2. The maximum Gasteiger partial charge on any atom is 0.261 e. The van der Waals surface area contributed by atoms with E-state index in [0.29, 0.717) is 10.9 Å². The van der Waals surface area contributed by atoms with Crippen LogP contribution < -0.4 is 10.9 Å². The molecule has 1 N–H and O–H groups in total. The lowest BCUT2D eigenvalue weighted by atomic mass is 9.96. The maximum absolute atomic E-state index is 12.5. The van der Waals surface area contributed by atoms with Crippen molar-refractivity contribution in [2.24, 2.45) is 5.92 Å². The van der Waals surface area contributed by atoms with Gasteiger partial charge in [0.1, 0.15) is 6.54 Å². The molecule has 0 aliphatic rings. The average Bonchev–Trinajstić information content (AvgIpc) is 2.63. The number of fused-ring (bicyclic) bond motifs is 1. The first-order chi connectivity index (χ1) is 12.1. The van der Waals surface area contributed by atoms with E-state index >= 15 is 0 Å². The Hall–Kier alpha value is -2.95. The van der Waals surface area contributed by atoms with Crippen LogP contribution in [0.25, 0.3) is 10.9 Å². The summed E-state index contributed by atoms with van der Waals surface area (Å²) in [5.41, 5.74) is 1.48. The molecule has 25 heavy (non-hydrogen) atoms. The van der Waals surface area contributed by atoms with E-state index in [9.17, 15) is 9.59 Å². The van der Waals surface area contributed by atoms with E-state index in [1.807, 2.05) is 36.4 Å². The molecule has 1 atom stereocenters. The highest BCUT2D eigenvalue weighted by atomic mass is 16.2. The van der Waals surface area contributed by atoms with Gasteiger partial charge in [-0.3, -0.25) is 14.2 Å². The van der Waals surface area contributed by atoms with Gasteiger partial charge in [0.25, 0.3) is 5.56 Å². The number of carbonyl (C=O) groups is 1. The molecule has 1 aromatic heterocycles. The molecule has 1 heterocycles. The number of hydrogen-bond acceptors (Lipinski definition) is 3. The minimum atomic E-state index is -0.207. The van der Waals surface area contributed by atoms with Crippen molar-refractivity contribution in [1.82, 2.24) is 14.9 Å². The van der Waals surface area contributed by atoms with Gasteiger partial charge in [-0.2, -0.15) is 0 Å². The van der Waals surface area contributed by atoms with Gasteiger partial charge in [-0.25, -0.2) is 4.98 Å². The van der Waals surface area contributed by atoms with Gasteiger partial charge >= 0.3 is 0 Å². The summed E-state index contributed by atoms with van der Waals surface area (Å²) in [7, 11) is 0. The minimum Gasteiger partial charge on any atom is -0.347 e. The van der Waals surface area contributed by atoms with Gasteiger partial charge < -0.3 is 5.32 Å². The average molecular weight is 335 g/mol. The topological polar surface area (TPSA) is 64.0 Å². The molecule has 0 spiro atoms. The summed E-state index contributed by atoms with van der Waals surface area (Å²) >= 11 is 0. The molecule has 0 radical (unpaired) electrons. The van der Waals surface area contributed by atoms with Crippen LogP contribution in [-0.4, -0.2) is 15.5 Å². The number of aromatic nitrogens is 2. The second kappa shape index (κ2) is 7.30. The summed E-state index contributed by atoms with van der Waals surface area (Å²) < 4.78 is 1.35. The van der Waals surface area contributed by atoms with Crippen molar-refractivity contribution in [3.63, 3.8) is 0 Å². The Labute approximate surface area is 146 Å². The third-order valence-electron chi connectivity index (χ3n) is 4.19. The van der Waals surface area contributed by atoms with Crippen LogP contribution in [0.2, 0.25) is 0 Å². The molecule has 0 saturated carbocycles. The molecule has 0 saturated heterocycles. The van der Waals surface area contributed by atoms with E-state index in [-0.39, 0.29) is 30.0 Å². The Kier molecular flexibility index (Phi) is 4.93. The highest BCUT2D eigenvalue weighted by molar-refractivity contribution is 5.79. The van der Waals surface area contributed by atoms with Crippen molar-refractivity contribution in [2.45, 2.75) is 26.4 Å². The van der Waals surface area contributed by atoms with Gasteiger partial charge in [0.2, 0.25) is 5.91 Å². The molecule has 1 amide bonds. The molecule has 3 aromatic rings. The normalized spacial score (nSPS) is 12.3. The molecule has 0 bridgehead atoms. The molecule has 128 valence electrons. The van der Waals surface area contributed by atoms with Crippen LogP contribution in [0.3, 0.4) is 0 Å². The summed E-state index contributed by atoms with van der Waals surface area (Å²) in [5.74, 6) is 0.0273. The Bertz CT molecular complexity index is 932. The summed E-state index contributed by atoms with van der Waals surface area (Å²) in [6.45, 7) is 4.07. The number of benzene rings is 2. The summed E-state index contributed by atoms with van der Waals surface area (Å²) in [5, 5.41) is 3.55. The third-order valence-corrected chi connectivity index (χ3v) is 4.19. The Morgan fingerprint density at radius 3 is 2.48 bits per heavy atom. The van der Waals surface area contributed by atoms with Crippen LogP contribution in [0, 0.1) is 5.92 Å². The Balaban J connectivity index is 1.80. The zero-order valence-corrected chi connectivity index (χ0v) is 14.3. The molecule has 0 aliphatic heterocycles. The van der Waals surface area contributed by atoms with Crippen molar-refractivity contribution in [1.29, 1.82) is 0 Å². The smallest absolute Gasteiger partial charge is 0.261 e. The van der Waals surface area contributed by atoms with Crippen LogP contribution in [0.15, 0.2) is 65.7 Å². The standard InChI is InChI=1S/C20H21N3O2/c1-14(2)19(15-8-4-3-5-9-15)22-18(24)12-23-13-21-17-11-7-6-10-16(17)20(23)25/h3-11,13-14,19H,12H2,1-2H3,(H,22,24). The zero-order valence-electron chi connectivity index (χ0n) is 14.3. The Morgan fingerprint density at radius 2 is 1.76 bits per heavy atom. The van der Waals surface area contributed by atoms with Gasteiger partial charge in [0.15, 0.2) is 0 Å². The molecule has 2 aromatic carbocycles. The number of nitrogens with zero attached hydrogens (tertiary/aromatic N) is 2. The quantitative estimate of drug-likeness (QED) is 0.780. The lowest BCUT2D eigenvalue weighted by Crippen LogP contribution is -2.36. The van der Waals surface area contributed by atoms with Crippen molar-refractivity contribution in [3.8, 4) is 0 Å². The van der Waals surface area contributed by atoms with Crippen molar-refractivity contribution in [2.75, 3.05) is 0 Å². The number of para-hydroxylation sites is 1. The number of rotatable bonds is 5. The van der Waals surface area contributed by atoms with E-state index < -0.39 is 0 Å². The van der Waals surface area contributed by atoms with Crippen molar-refractivity contribution >= 4 is 16.8 Å². The van der Waals surface area contributed by atoms with Crippen LogP contribution in [0.4, 0.5) is 0 Å². The van der Waals surface area contributed by atoms with Gasteiger partial charge in [-0.05, 0) is 23.6 Å². The molecule has 0 aliphatic carbocycles. The second-order valence-electron chi connectivity index (χ2n) is 6.39. The van der Waals surface area contributed by atoms with Crippen LogP contribution in [-0.2, 0) is 11.3 Å². The fourth-order valence-electron chi connectivity index (χ4n) is 2.89. The van der Waals surface area contributed by atoms with E-state index in [4.69, 9.17) is 0 Å². The van der Waals surface area contributed by atoms with Crippen molar-refractivity contribution < 1.29 is 4.79 Å². The van der Waals surface area contributed by atoms with Gasteiger partial charge in [0.05, 0.1) is 23.3 Å². The third kappa shape index (κ3) is 3.76. The molecule has 0 fully saturated rings. The molecule has 5 heteroatoms. The van der Waals surface area contributed by atoms with E-state index in [1.165, 1.54) is 10.9 Å². The Morgan fingerprint density at radius 1 is 1.08 bits per heavy atom. The number of carbonyl (C=O) groups excluding carboxylic acids is 1. The predicted octanol–water partition coefficient (Wildman–Crippen LogP) is 2.91. The molecule has 1 unspecified atom stereocenters. The molecular weight excluding hydrogens is 314 g/mol. The van der Waals surface area contributed by atoms with Gasteiger partial charge in [-0.1, -0.05) is 56.3 Å². The molecule has 5 nitrogen and oxygen atoms in total. The van der Waals surface area contributed by atoms with Crippen LogP contribution >= 0.6 is 0 Å². The van der Waals surface area contributed by atoms with E-state index in [0.717, 1.165) is 5.56 Å². The second-order valence-corrected chi connectivity index (χ2v) is 6.39. The van der Waals surface area contributed by atoms with E-state index in [2.05, 4.69) is 24.1 Å². The zero-order chi connectivity index (χ0) is 17.8. The highest BCUT2D eigenvalue weighted by Gasteiger charge is 2.18. The molecule has 3 rings (SSSR count). The lowest BCUT2D eigenvalue weighted by molar-refractivity contribution is -0.122. The first-order valence-corrected chi connectivity index (χ1v) is 8.35. The highest BCUT2D eigenvalue weighted by Crippen LogP contribution is 2.21. The van der Waals surface area contributed by atoms with Crippen molar-refractivity contribution in [3.05, 3.63) is 76.8 Å². The first kappa shape index (κ1) is 16.9. The summed E-state index contributed by atoms with van der Waals surface area (Å²) in [6.07, 6.45) is 1.43. The maximum atomic E-state index is 12.5. The largest absolute Gasteiger partial charge is 0.347 e. The minimum absolute atomic E-state index is 0.0489. The van der Waals surface area contributed by atoms with Gasteiger partial charge in [-0.15, -0.1) is 0 Å². The summed E-state index contributed by atoms with van der Waals surface area (Å²) in [6, 6.07) is 16.9.